The third kappa shape index (κ3) is 4.08. The largest absolute Gasteiger partial charge is 0.346 e. The summed E-state index contributed by atoms with van der Waals surface area (Å²) in [6.45, 7) is 7.15. The predicted molar refractivity (Wildman–Crippen MR) is 174 cm³/mol. The van der Waals surface area contributed by atoms with Crippen molar-refractivity contribution >= 4 is 63.7 Å². The first-order valence-corrected chi connectivity index (χ1v) is 16.1. The number of nitriles is 1. The van der Waals surface area contributed by atoms with Gasteiger partial charge in [0.25, 0.3) is 0 Å². The maximum atomic E-state index is 9.34. The maximum absolute atomic E-state index is 9.34. The second-order valence-electron chi connectivity index (χ2n) is 10.6. The van der Waals surface area contributed by atoms with E-state index in [1.165, 1.54) is 20.5 Å². The summed E-state index contributed by atoms with van der Waals surface area (Å²) in [6.07, 6.45) is 2.41. The van der Waals surface area contributed by atoms with Crippen LogP contribution in [0.3, 0.4) is 0 Å². The molecule has 6 rings (SSSR count). The molecule has 0 fully saturated rings. The zero-order valence-corrected chi connectivity index (χ0v) is 26.1. The Hall–Kier alpha value is -3.47. The minimum absolute atomic E-state index is 0.267. The van der Waals surface area contributed by atoms with Gasteiger partial charge in [0.15, 0.2) is 5.82 Å². The number of halogens is 1. The molecule has 0 bridgehead atoms. The zero-order chi connectivity index (χ0) is 28.1. The van der Waals surface area contributed by atoms with Gasteiger partial charge in [-0.15, -0.1) is 0 Å². The predicted octanol–water partition coefficient (Wildman–Crippen LogP) is 7.55. The molecule has 3 aromatic carbocycles. The Morgan fingerprint density at radius 1 is 1.00 bits per heavy atom. The monoisotopic (exact) mass is 656 g/mol. The molecule has 6 nitrogen and oxygen atoms in total. The van der Waals surface area contributed by atoms with Gasteiger partial charge in [-0.2, -0.15) is 10.4 Å². The van der Waals surface area contributed by atoms with Crippen molar-refractivity contribution in [3.05, 3.63) is 105 Å². The average Bonchev–Trinajstić information content (AvgIpc) is 3.39. The van der Waals surface area contributed by atoms with Crippen LogP contribution >= 0.6 is 29.6 Å². The van der Waals surface area contributed by atoms with Crippen molar-refractivity contribution in [3.8, 4) is 6.07 Å². The summed E-state index contributed by atoms with van der Waals surface area (Å²) in [5.74, 6) is 0.805. The van der Waals surface area contributed by atoms with Gasteiger partial charge < -0.3 is 4.90 Å². The van der Waals surface area contributed by atoms with E-state index in [1.54, 1.807) is 0 Å². The molecule has 2 aliphatic heterocycles. The van der Waals surface area contributed by atoms with Crippen LogP contribution in [0.5, 0.6) is 0 Å². The lowest BCUT2D eigenvalue weighted by Crippen LogP contribution is -2.30. The standard InChI is InChI=1S/C32H30IN6P/c1-22-29-31(39(36-22)20-10-19-34)35-21-28(30-32(2,3)26-13-8-9-14-27(26)38(30)4)40(29,25-11-6-5-7-12-25)37-24-17-15-23(33)16-18-24/h5-9,11-18,21H,10,20H2,1-4H3/b30-28+/t40-/m0/s1. The van der Waals surface area contributed by atoms with E-state index in [0.29, 0.717) is 13.0 Å². The van der Waals surface area contributed by atoms with E-state index in [4.69, 9.17) is 14.8 Å². The number of para-hydroxylation sites is 1. The lowest BCUT2D eigenvalue weighted by atomic mass is 9.84. The molecule has 1 atom stereocenters. The van der Waals surface area contributed by atoms with Crippen molar-refractivity contribution in [2.45, 2.75) is 39.2 Å². The Balaban J connectivity index is 1.79. The van der Waals surface area contributed by atoms with Gasteiger partial charge in [-0.3, -0.25) is 4.74 Å². The minimum Gasteiger partial charge on any atom is -0.346 e. The summed E-state index contributed by atoms with van der Waals surface area (Å²) >= 11 is 2.34. The van der Waals surface area contributed by atoms with E-state index in [9.17, 15) is 5.26 Å². The third-order valence-electron chi connectivity index (χ3n) is 7.82. The number of allylic oxidation sites excluding steroid dienone is 2. The van der Waals surface area contributed by atoms with Crippen molar-refractivity contribution in [1.29, 1.82) is 5.26 Å². The van der Waals surface area contributed by atoms with Crippen molar-refractivity contribution in [1.82, 2.24) is 9.78 Å². The van der Waals surface area contributed by atoms with Gasteiger partial charge in [0, 0.05) is 44.3 Å². The molecule has 0 spiro atoms. The van der Waals surface area contributed by atoms with E-state index >= 15 is 0 Å². The molecule has 2 aliphatic rings. The SMILES string of the molecule is Cc1nn(CCC#N)c2c1[P@](=Nc1ccc(I)cc1)(c1ccccc1)/C(=C1/N(C)c3ccccc3C1(C)C)C=N2. The number of anilines is 1. The van der Waals surface area contributed by atoms with E-state index in [2.05, 4.69) is 140 Å². The summed E-state index contributed by atoms with van der Waals surface area (Å²) in [4.78, 5) is 7.41. The molecule has 0 N–H and O–H groups in total. The van der Waals surface area contributed by atoms with Crippen LogP contribution in [0.25, 0.3) is 0 Å². The van der Waals surface area contributed by atoms with Crippen molar-refractivity contribution in [2.24, 2.45) is 9.74 Å². The molecule has 0 saturated carbocycles. The number of aryl methyl sites for hydroxylation is 2. The van der Waals surface area contributed by atoms with Crippen LogP contribution in [0.15, 0.2) is 99.6 Å². The summed E-state index contributed by atoms with van der Waals surface area (Å²) in [5.41, 5.74) is 5.27. The molecular weight excluding hydrogens is 626 g/mol. The number of aliphatic imine (C=N–C) groups is 1. The zero-order valence-electron chi connectivity index (χ0n) is 23.0. The van der Waals surface area contributed by atoms with E-state index in [1.807, 2.05) is 10.9 Å². The molecule has 3 heterocycles. The van der Waals surface area contributed by atoms with Gasteiger partial charge in [0.2, 0.25) is 0 Å². The lowest BCUT2D eigenvalue weighted by molar-refractivity contribution is 0.626. The number of likely N-dealkylation sites (N-methyl/N-ethyl adjacent to an activating group) is 1. The normalized spacial score (nSPS) is 20.6. The molecule has 1 aromatic heterocycles. The van der Waals surface area contributed by atoms with E-state index in [-0.39, 0.29) is 5.41 Å². The highest BCUT2D eigenvalue weighted by molar-refractivity contribution is 14.1. The molecule has 8 heteroatoms. The second-order valence-corrected chi connectivity index (χ2v) is 14.8. The first kappa shape index (κ1) is 26.7. The molecule has 0 radical (unpaired) electrons. The highest BCUT2D eigenvalue weighted by atomic mass is 127. The fourth-order valence-electron chi connectivity index (χ4n) is 6.13. The Kier molecular flexibility index (Phi) is 6.80. The summed E-state index contributed by atoms with van der Waals surface area (Å²) in [5, 5.41) is 17.6. The number of hydrogen-bond acceptors (Lipinski definition) is 5. The highest BCUT2D eigenvalue weighted by Crippen LogP contribution is 2.64. The van der Waals surface area contributed by atoms with Gasteiger partial charge in [-0.05, 0) is 65.4 Å². The van der Waals surface area contributed by atoms with Crippen LogP contribution in [0, 0.1) is 21.8 Å². The summed E-state index contributed by atoms with van der Waals surface area (Å²) in [7, 11) is -0.519. The van der Waals surface area contributed by atoms with Gasteiger partial charge in [-0.25, -0.2) is 9.67 Å². The van der Waals surface area contributed by atoms with Crippen molar-refractivity contribution in [3.63, 3.8) is 0 Å². The molecule has 0 amide bonds. The van der Waals surface area contributed by atoms with Gasteiger partial charge in [-0.1, -0.05) is 62.4 Å². The molecule has 0 aliphatic carbocycles. The minimum atomic E-state index is -2.68. The second kappa shape index (κ2) is 10.2. The fraction of sp³-hybridized carbons (Fsp3) is 0.219. The van der Waals surface area contributed by atoms with Gasteiger partial charge in [0.05, 0.1) is 42.8 Å². The molecule has 4 aromatic rings. The Labute approximate surface area is 249 Å². The van der Waals surface area contributed by atoms with Crippen LogP contribution in [0.4, 0.5) is 17.2 Å². The number of rotatable bonds is 4. The molecule has 200 valence electrons. The van der Waals surface area contributed by atoms with Gasteiger partial charge >= 0.3 is 0 Å². The smallest absolute Gasteiger partial charge is 0.160 e. The topological polar surface area (TPSA) is 69.6 Å². The summed E-state index contributed by atoms with van der Waals surface area (Å²) < 4.78 is 8.82. The molecule has 40 heavy (non-hydrogen) atoms. The van der Waals surface area contributed by atoms with Crippen molar-refractivity contribution < 1.29 is 0 Å². The van der Waals surface area contributed by atoms with Crippen molar-refractivity contribution in [2.75, 3.05) is 11.9 Å². The Morgan fingerprint density at radius 3 is 2.40 bits per heavy atom. The highest BCUT2D eigenvalue weighted by Gasteiger charge is 2.47. The van der Waals surface area contributed by atoms with Crippen LogP contribution in [-0.4, -0.2) is 23.0 Å². The maximum Gasteiger partial charge on any atom is 0.160 e. The van der Waals surface area contributed by atoms with Crippen LogP contribution < -0.4 is 15.5 Å². The van der Waals surface area contributed by atoms with E-state index < -0.39 is 7.05 Å². The quantitative estimate of drug-likeness (QED) is 0.168. The number of aromatic nitrogens is 2. The number of nitrogens with zero attached hydrogens (tertiary/aromatic N) is 6. The first-order chi connectivity index (χ1) is 19.3. The summed E-state index contributed by atoms with van der Waals surface area (Å²) in [6, 6.07) is 30.0. The van der Waals surface area contributed by atoms with E-state index in [0.717, 1.165) is 33.1 Å². The van der Waals surface area contributed by atoms with Crippen LogP contribution in [0.1, 0.15) is 31.5 Å². The van der Waals surface area contributed by atoms with Gasteiger partial charge in [0.1, 0.15) is 0 Å². The molecule has 0 saturated heterocycles. The van der Waals surface area contributed by atoms with Crippen LogP contribution in [-0.2, 0) is 12.0 Å². The average molecular weight is 657 g/mol. The fourth-order valence-corrected chi connectivity index (χ4v) is 10.6. The number of hydrogen-bond donors (Lipinski definition) is 0. The third-order valence-corrected chi connectivity index (χ3v) is 12.3. The number of benzene rings is 3. The Bertz CT molecular complexity index is 1770. The number of fused-ring (bicyclic) bond motifs is 2. The Morgan fingerprint density at radius 2 is 1.70 bits per heavy atom. The molecular formula is C32H30IN6P. The first-order valence-electron chi connectivity index (χ1n) is 13.3. The van der Waals surface area contributed by atoms with Crippen LogP contribution in [0.2, 0.25) is 0 Å². The molecule has 0 unspecified atom stereocenters. The lowest BCUT2D eigenvalue weighted by Gasteiger charge is -2.35.